The van der Waals surface area contributed by atoms with Gasteiger partial charge in [0.1, 0.15) is 0 Å². The van der Waals surface area contributed by atoms with Crippen molar-refractivity contribution >= 4 is 17.2 Å². The minimum atomic E-state index is -0.525. The highest BCUT2D eigenvalue weighted by Crippen LogP contribution is 2.28. The molecule has 3 rings (SSSR count). The molecule has 1 aliphatic carbocycles. The van der Waals surface area contributed by atoms with Crippen molar-refractivity contribution in [1.29, 1.82) is 0 Å². The number of ether oxygens (including phenoxy) is 1. The molecular weight excluding hydrogens is 312 g/mol. The third-order valence-corrected chi connectivity index (χ3v) is 5.70. The average Bonchev–Trinajstić information content (AvgIpc) is 3.25. The maximum atomic E-state index is 12.7. The van der Waals surface area contributed by atoms with E-state index in [0.29, 0.717) is 38.8 Å². The molecule has 2 atom stereocenters. The van der Waals surface area contributed by atoms with Crippen LogP contribution >= 0.6 is 11.3 Å². The van der Waals surface area contributed by atoms with E-state index in [1.54, 1.807) is 11.3 Å². The second-order valence-corrected chi connectivity index (χ2v) is 7.36. The van der Waals surface area contributed by atoms with Gasteiger partial charge in [-0.25, -0.2) is 0 Å². The van der Waals surface area contributed by atoms with E-state index in [1.807, 2.05) is 22.4 Å². The summed E-state index contributed by atoms with van der Waals surface area (Å²) in [5.74, 6) is 0.172. The van der Waals surface area contributed by atoms with Crippen molar-refractivity contribution in [2.75, 3.05) is 32.8 Å². The molecule has 1 aromatic rings. The summed E-state index contributed by atoms with van der Waals surface area (Å²) < 4.78 is 5.56. The summed E-state index contributed by atoms with van der Waals surface area (Å²) in [6, 6.07) is 4.45. The van der Waals surface area contributed by atoms with Crippen LogP contribution in [0.25, 0.3) is 0 Å². The maximum absolute atomic E-state index is 12.7. The van der Waals surface area contributed by atoms with E-state index >= 15 is 0 Å². The Hall–Kier alpha value is -0.950. The standard InChI is InChI=1S/C17H26N2O3S/c1-2-18(13-5-6-13)11-17(21)19-7-8-22-12-14(19)10-15(20)16-4-3-9-23-16/h3-4,9,13-15,20H,2,5-8,10-12H2,1H3. The number of aliphatic hydroxyl groups is 1. The van der Waals surface area contributed by atoms with Gasteiger partial charge in [0, 0.05) is 23.9 Å². The van der Waals surface area contributed by atoms with Gasteiger partial charge in [0.25, 0.3) is 0 Å². The number of aliphatic hydroxyl groups excluding tert-OH is 1. The summed E-state index contributed by atoms with van der Waals surface area (Å²) >= 11 is 1.55. The van der Waals surface area contributed by atoms with Gasteiger partial charge in [-0.05, 0) is 30.8 Å². The number of carbonyl (C=O) groups is 1. The Morgan fingerprint density at radius 3 is 3.04 bits per heavy atom. The first-order valence-corrected chi connectivity index (χ1v) is 9.39. The number of amides is 1. The summed E-state index contributed by atoms with van der Waals surface area (Å²) in [5.41, 5.74) is 0. The molecule has 1 amide bonds. The van der Waals surface area contributed by atoms with Gasteiger partial charge in [0.15, 0.2) is 0 Å². The number of hydrogen-bond donors (Lipinski definition) is 1. The first kappa shape index (κ1) is 16.9. The number of rotatable bonds is 7. The first-order valence-electron chi connectivity index (χ1n) is 8.51. The normalized spacial score (nSPS) is 23.3. The molecule has 2 heterocycles. The monoisotopic (exact) mass is 338 g/mol. The number of likely N-dealkylation sites (N-methyl/N-ethyl adjacent to an activating group) is 1. The summed E-state index contributed by atoms with van der Waals surface area (Å²) in [7, 11) is 0. The molecule has 2 aliphatic rings. The van der Waals surface area contributed by atoms with Crippen LogP contribution in [-0.4, -0.2) is 65.7 Å². The molecule has 1 saturated carbocycles. The zero-order valence-electron chi connectivity index (χ0n) is 13.7. The fourth-order valence-electron chi connectivity index (χ4n) is 3.24. The van der Waals surface area contributed by atoms with Crippen LogP contribution < -0.4 is 0 Å². The molecule has 23 heavy (non-hydrogen) atoms. The Morgan fingerprint density at radius 2 is 2.39 bits per heavy atom. The number of thiophene rings is 1. The quantitative estimate of drug-likeness (QED) is 0.825. The van der Waals surface area contributed by atoms with Gasteiger partial charge >= 0.3 is 0 Å². The third kappa shape index (κ3) is 4.32. The van der Waals surface area contributed by atoms with Crippen LogP contribution in [0.4, 0.5) is 0 Å². The van der Waals surface area contributed by atoms with Gasteiger partial charge in [0.05, 0.1) is 31.9 Å². The molecule has 1 saturated heterocycles. The van der Waals surface area contributed by atoms with E-state index in [-0.39, 0.29) is 11.9 Å². The highest BCUT2D eigenvalue weighted by Gasteiger charge is 2.34. The van der Waals surface area contributed by atoms with Crippen molar-refractivity contribution in [2.24, 2.45) is 0 Å². The second kappa shape index (κ2) is 7.75. The number of hydrogen-bond acceptors (Lipinski definition) is 5. The van der Waals surface area contributed by atoms with Crippen LogP contribution in [0.2, 0.25) is 0 Å². The molecule has 6 heteroatoms. The Kier molecular flexibility index (Phi) is 5.69. The number of morpholine rings is 1. The summed E-state index contributed by atoms with van der Waals surface area (Å²) in [4.78, 5) is 17.9. The predicted molar refractivity (Wildman–Crippen MR) is 90.5 cm³/mol. The fourth-order valence-corrected chi connectivity index (χ4v) is 3.96. The molecule has 1 N–H and O–H groups in total. The van der Waals surface area contributed by atoms with Gasteiger partial charge in [-0.3, -0.25) is 9.69 Å². The minimum absolute atomic E-state index is 0.0359. The maximum Gasteiger partial charge on any atom is 0.237 e. The Balaban J connectivity index is 1.60. The lowest BCUT2D eigenvalue weighted by Gasteiger charge is -2.37. The molecule has 0 radical (unpaired) electrons. The molecule has 0 aromatic carbocycles. The molecule has 0 spiro atoms. The van der Waals surface area contributed by atoms with Crippen molar-refractivity contribution in [1.82, 2.24) is 9.80 Å². The molecule has 128 valence electrons. The van der Waals surface area contributed by atoms with Gasteiger partial charge in [-0.15, -0.1) is 11.3 Å². The topological polar surface area (TPSA) is 53.0 Å². The van der Waals surface area contributed by atoms with Crippen LogP contribution in [0.3, 0.4) is 0 Å². The molecule has 1 aliphatic heterocycles. The largest absolute Gasteiger partial charge is 0.387 e. The van der Waals surface area contributed by atoms with E-state index < -0.39 is 6.10 Å². The minimum Gasteiger partial charge on any atom is -0.387 e. The van der Waals surface area contributed by atoms with Gasteiger partial charge in [-0.1, -0.05) is 13.0 Å². The Labute approximate surface area is 141 Å². The summed E-state index contributed by atoms with van der Waals surface area (Å²) in [6.07, 6.45) is 2.44. The molecule has 2 unspecified atom stereocenters. The van der Waals surface area contributed by atoms with Crippen LogP contribution in [0, 0.1) is 0 Å². The smallest absolute Gasteiger partial charge is 0.237 e. The Morgan fingerprint density at radius 1 is 1.57 bits per heavy atom. The van der Waals surface area contributed by atoms with E-state index in [9.17, 15) is 9.90 Å². The summed E-state index contributed by atoms with van der Waals surface area (Å²) in [5, 5.41) is 12.4. The van der Waals surface area contributed by atoms with E-state index in [0.717, 1.165) is 11.4 Å². The van der Waals surface area contributed by atoms with Crippen molar-refractivity contribution in [3.05, 3.63) is 22.4 Å². The summed E-state index contributed by atoms with van der Waals surface area (Å²) in [6.45, 7) is 5.26. The lowest BCUT2D eigenvalue weighted by Crippen LogP contribution is -2.52. The van der Waals surface area contributed by atoms with Crippen LogP contribution in [0.15, 0.2) is 17.5 Å². The lowest BCUT2D eigenvalue weighted by atomic mass is 10.1. The van der Waals surface area contributed by atoms with Crippen molar-refractivity contribution in [3.8, 4) is 0 Å². The van der Waals surface area contributed by atoms with E-state index in [4.69, 9.17) is 4.74 Å². The highest BCUT2D eigenvalue weighted by atomic mass is 32.1. The average molecular weight is 338 g/mol. The predicted octanol–water partition coefficient (Wildman–Crippen LogP) is 1.88. The molecule has 0 bridgehead atoms. The lowest BCUT2D eigenvalue weighted by molar-refractivity contribution is -0.142. The molecule has 5 nitrogen and oxygen atoms in total. The first-order chi connectivity index (χ1) is 11.2. The number of nitrogens with zero attached hydrogens (tertiary/aromatic N) is 2. The molecule has 1 aromatic heterocycles. The van der Waals surface area contributed by atoms with E-state index in [1.165, 1.54) is 12.8 Å². The zero-order valence-corrected chi connectivity index (χ0v) is 14.5. The van der Waals surface area contributed by atoms with Crippen molar-refractivity contribution in [2.45, 2.75) is 44.4 Å². The zero-order chi connectivity index (χ0) is 16.2. The molecular formula is C17H26N2O3S. The van der Waals surface area contributed by atoms with Crippen LogP contribution in [-0.2, 0) is 9.53 Å². The fraction of sp³-hybridized carbons (Fsp3) is 0.706. The third-order valence-electron chi connectivity index (χ3n) is 4.72. The van der Waals surface area contributed by atoms with Crippen molar-refractivity contribution < 1.29 is 14.6 Å². The highest BCUT2D eigenvalue weighted by molar-refractivity contribution is 7.10. The van der Waals surface area contributed by atoms with Crippen molar-refractivity contribution in [3.63, 3.8) is 0 Å². The second-order valence-electron chi connectivity index (χ2n) is 6.38. The number of carbonyl (C=O) groups excluding carboxylic acids is 1. The molecule has 2 fully saturated rings. The van der Waals surface area contributed by atoms with E-state index in [2.05, 4.69) is 11.8 Å². The van der Waals surface area contributed by atoms with Gasteiger partial charge in [0.2, 0.25) is 5.91 Å². The van der Waals surface area contributed by atoms with Crippen LogP contribution in [0.1, 0.15) is 37.2 Å². The van der Waals surface area contributed by atoms with Crippen LogP contribution in [0.5, 0.6) is 0 Å². The Bertz CT molecular complexity index is 504. The van der Waals surface area contributed by atoms with Gasteiger partial charge < -0.3 is 14.7 Å². The van der Waals surface area contributed by atoms with Gasteiger partial charge in [-0.2, -0.15) is 0 Å². The SMILES string of the molecule is CCN(CC(=O)N1CCOCC1CC(O)c1cccs1)C1CC1.